The molecule has 0 unspecified atom stereocenters. The van der Waals surface area contributed by atoms with Crippen LogP contribution in [-0.2, 0) is 10.3 Å². The van der Waals surface area contributed by atoms with E-state index < -0.39 is 10.3 Å². The molecule has 0 radical (unpaired) electrons. The van der Waals surface area contributed by atoms with Crippen molar-refractivity contribution in [1.82, 2.24) is 8.96 Å². The van der Waals surface area contributed by atoms with Gasteiger partial charge in [0.25, 0.3) is 0 Å². The maximum absolute atomic E-state index is 12.1. The molecule has 0 saturated heterocycles. The Morgan fingerprint density at radius 1 is 1.17 bits per heavy atom. The summed E-state index contributed by atoms with van der Waals surface area (Å²) in [5, 5.41) is 0. The molecule has 2 aromatic rings. The Morgan fingerprint density at radius 2 is 1.78 bits per heavy atom. The van der Waals surface area contributed by atoms with Crippen molar-refractivity contribution >= 4 is 10.3 Å². The topological polar surface area (TPSA) is 61.2 Å². The molecule has 0 spiro atoms. The van der Waals surface area contributed by atoms with E-state index in [2.05, 4.69) is 4.98 Å². The van der Waals surface area contributed by atoms with Crippen molar-refractivity contribution in [3.8, 4) is 5.75 Å². The second-order valence-corrected chi connectivity index (χ2v) is 5.45. The van der Waals surface area contributed by atoms with Gasteiger partial charge in [0.15, 0.2) is 0 Å². The first-order valence-electron chi connectivity index (χ1n) is 5.43. The molecule has 2 rings (SSSR count). The second-order valence-electron chi connectivity index (χ2n) is 4.03. The normalized spacial score (nSPS) is 11.5. The molecule has 6 heteroatoms. The molecule has 0 bridgehead atoms. The van der Waals surface area contributed by atoms with E-state index >= 15 is 0 Å². The van der Waals surface area contributed by atoms with Crippen LogP contribution in [0.5, 0.6) is 5.75 Å². The molecule has 0 fully saturated rings. The first-order chi connectivity index (χ1) is 8.42. The molecular formula is C12H14N2O3S. The minimum Gasteiger partial charge on any atom is -0.366 e. The number of benzene rings is 1. The average Bonchev–Trinajstić information content (AvgIpc) is 2.71. The predicted molar refractivity (Wildman–Crippen MR) is 67.8 cm³/mol. The van der Waals surface area contributed by atoms with Crippen molar-refractivity contribution < 1.29 is 12.6 Å². The number of rotatable bonds is 3. The molecular weight excluding hydrogens is 252 g/mol. The fraction of sp³-hybridized carbons (Fsp3) is 0.250. The highest BCUT2D eigenvalue weighted by molar-refractivity contribution is 7.85. The lowest BCUT2D eigenvalue weighted by Crippen LogP contribution is -2.20. The summed E-state index contributed by atoms with van der Waals surface area (Å²) in [7, 11) is -3.89. The monoisotopic (exact) mass is 266 g/mol. The van der Waals surface area contributed by atoms with Crippen LogP contribution in [0.4, 0.5) is 0 Å². The molecule has 0 aliphatic rings. The van der Waals surface area contributed by atoms with Gasteiger partial charge < -0.3 is 4.18 Å². The van der Waals surface area contributed by atoms with Crippen molar-refractivity contribution in [2.75, 3.05) is 0 Å². The van der Waals surface area contributed by atoms with E-state index in [0.29, 0.717) is 11.6 Å². The molecule has 0 aliphatic carbocycles. The summed E-state index contributed by atoms with van der Waals surface area (Å²) in [6, 6.07) is 5.46. The Labute approximate surface area is 106 Å². The summed E-state index contributed by atoms with van der Waals surface area (Å²) in [5.74, 6) is 0.729. The maximum Gasteiger partial charge on any atom is 0.414 e. The van der Waals surface area contributed by atoms with E-state index in [9.17, 15) is 8.42 Å². The fourth-order valence-corrected chi connectivity index (χ4v) is 2.81. The molecule has 0 N–H and O–H groups in total. The summed E-state index contributed by atoms with van der Waals surface area (Å²) in [6.45, 7) is 5.21. The number of nitrogens with zero attached hydrogens (tertiary/aromatic N) is 2. The van der Waals surface area contributed by atoms with Gasteiger partial charge in [0.2, 0.25) is 0 Å². The summed E-state index contributed by atoms with van der Waals surface area (Å²) in [4.78, 5) is 3.87. The van der Waals surface area contributed by atoms with Gasteiger partial charge >= 0.3 is 10.3 Å². The minimum absolute atomic E-state index is 0.362. The van der Waals surface area contributed by atoms with Gasteiger partial charge in [-0.2, -0.15) is 12.4 Å². The Hall–Kier alpha value is -1.82. The van der Waals surface area contributed by atoms with Crippen LogP contribution >= 0.6 is 0 Å². The van der Waals surface area contributed by atoms with Gasteiger partial charge in [-0.05, 0) is 31.9 Å². The molecule has 1 aromatic carbocycles. The van der Waals surface area contributed by atoms with E-state index in [0.717, 1.165) is 15.1 Å². The van der Waals surface area contributed by atoms with Crippen molar-refractivity contribution in [1.29, 1.82) is 0 Å². The smallest absolute Gasteiger partial charge is 0.366 e. The third-order valence-corrected chi connectivity index (χ3v) is 3.87. The van der Waals surface area contributed by atoms with Gasteiger partial charge in [-0.3, -0.25) is 0 Å². The second kappa shape index (κ2) is 4.45. The van der Waals surface area contributed by atoms with Crippen LogP contribution in [0, 0.1) is 20.8 Å². The molecule has 18 heavy (non-hydrogen) atoms. The molecule has 96 valence electrons. The molecule has 1 heterocycles. The van der Waals surface area contributed by atoms with E-state index in [1.54, 1.807) is 32.9 Å². The quantitative estimate of drug-likeness (QED) is 0.852. The van der Waals surface area contributed by atoms with E-state index in [-0.39, 0.29) is 0 Å². The van der Waals surface area contributed by atoms with Crippen LogP contribution in [-0.4, -0.2) is 17.4 Å². The SMILES string of the molecule is Cc1cccc(C)c1OS(=O)(=O)n1ccnc1C. The summed E-state index contributed by atoms with van der Waals surface area (Å²) in [6.07, 6.45) is 2.78. The zero-order valence-electron chi connectivity index (χ0n) is 10.4. The predicted octanol–water partition coefficient (Wildman–Crippen LogP) is 1.98. The van der Waals surface area contributed by atoms with Crippen LogP contribution in [0.3, 0.4) is 0 Å². The summed E-state index contributed by atoms with van der Waals surface area (Å²) < 4.78 is 30.4. The van der Waals surface area contributed by atoms with Crippen molar-refractivity contribution in [2.24, 2.45) is 0 Å². The molecule has 0 atom stereocenters. The van der Waals surface area contributed by atoms with Gasteiger partial charge in [0, 0.05) is 12.4 Å². The zero-order chi connectivity index (χ0) is 13.3. The first-order valence-corrected chi connectivity index (χ1v) is 6.79. The lowest BCUT2D eigenvalue weighted by Gasteiger charge is -2.12. The third kappa shape index (κ3) is 2.24. The largest absolute Gasteiger partial charge is 0.414 e. The lowest BCUT2D eigenvalue weighted by atomic mass is 10.1. The third-order valence-electron chi connectivity index (χ3n) is 2.62. The fourth-order valence-electron chi connectivity index (χ4n) is 1.68. The molecule has 0 aliphatic heterocycles. The van der Waals surface area contributed by atoms with Crippen LogP contribution < -0.4 is 4.18 Å². The number of aryl methyl sites for hydroxylation is 3. The van der Waals surface area contributed by atoms with Crippen molar-refractivity contribution in [2.45, 2.75) is 20.8 Å². The number of aromatic nitrogens is 2. The molecule has 1 aromatic heterocycles. The van der Waals surface area contributed by atoms with Crippen molar-refractivity contribution in [3.63, 3.8) is 0 Å². The standard InChI is InChI=1S/C12H14N2O3S/c1-9-5-4-6-10(2)12(9)17-18(15,16)14-8-7-13-11(14)3/h4-8H,1-3H3. The van der Waals surface area contributed by atoms with Gasteiger partial charge in [-0.25, -0.2) is 4.98 Å². The Bertz CT molecular complexity index is 654. The van der Waals surface area contributed by atoms with Gasteiger partial charge in [0.05, 0.1) is 0 Å². The van der Waals surface area contributed by atoms with E-state index in [4.69, 9.17) is 4.18 Å². The van der Waals surface area contributed by atoms with Gasteiger partial charge in [0.1, 0.15) is 11.6 Å². The average molecular weight is 266 g/mol. The number of hydrogen-bond donors (Lipinski definition) is 0. The van der Waals surface area contributed by atoms with Crippen LogP contribution in [0.1, 0.15) is 17.0 Å². The van der Waals surface area contributed by atoms with Gasteiger partial charge in [-0.1, -0.05) is 18.2 Å². The molecule has 0 saturated carbocycles. The number of para-hydroxylation sites is 1. The number of imidazole rings is 1. The Morgan fingerprint density at radius 3 is 2.28 bits per heavy atom. The highest BCUT2D eigenvalue weighted by atomic mass is 32.2. The van der Waals surface area contributed by atoms with E-state index in [1.807, 2.05) is 6.07 Å². The van der Waals surface area contributed by atoms with Gasteiger partial charge in [-0.15, -0.1) is 0 Å². The maximum atomic E-state index is 12.1. The van der Waals surface area contributed by atoms with Crippen LogP contribution in [0.25, 0.3) is 0 Å². The van der Waals surface area contributed by atoms with Crippen molar-refractivity contribution in [3.05, 3.63) is 47.5 Å². The van der Waals surface area contributed by atoms with Crippen LogP contribution in [0.15, 0.2) is 30.6 Å². The summed E-state index contributed by atoms with van der Waals surface area (Å²) >= 11 is 0. The highest BCUT2D eigenvalue weighted by Gasteiger charge is 2.19. The highest BCUT2D eigenvalue weighted by Crippen LogP contribution is 2.24. The lowest BCUT2D eigenvalue weighted by molar-refractivity contribution is 0.471. The first kappa shape index (κ1) is 12.6. The Balaban J connectivity index is 2.44. The zero-order valence-corrected chi connectivity index (χ0v) is 11.2. The summed E-state index contributed by atoms with van der Waals surface area (Å²) in [5.41, 5.74) is 1.55. The Kier molecular flexibility index (Phi) is 3.13. The van der Waals surface area contributed by atoms with E-state index in [1.165, 1.54) is 12.4 Å². The minimum atomic E-state index is -3.89. The number of hydrogen-bond acceptors (Lipinski definition) is 4. The molecule has 5 nitrogen and oxygen atoms in total. The van der Waals surface area contributed by atoms with Crippen LogP contribution in [0.2, 0.25) is 0 Å². The molecule has 0 amide bonds.